The monoisotopic (exact) mass is 200 g/mol. The van der Waals surface area contributed by atoms with Crippen LogP contribution in [0.2, 0.25) is 0 Å². The zero-order chi connectivity index (χ0) is 10.8. The summed E-state index contributed by atoms with van der Waals surface area (Å²) in [5, 5.41) is 9.24. The van der Waals surface area contributed by atoms with Crippen LogP contribution in [0.4, 0.5) is 0 Å². The molecule has 1 atom stereocenters. The van der Waals surface area contributed by atoms with Crippen LogP contribution in [0, 0.1) is 0 Å². The highest BCUT2D eigenvalue weighted by molar-refractivity contribution is 5.76. The normalized spacial score (nSPS) is 13.1. The molecule has 14 heavy (non-hydrogen) atoms. The van der Waals surface area contributed by atoms with Crippen molar-refractivity contribution in [3.63, 3.8) is 0 Å². The third kappa shape index (κ3) is 6.66. The van der Waals surface area contributed by atoms with Gasteiger partial charge in [-0.1, -0.05) is 25.8 Å². The molecule has 0 bridgehead atoms. The molecule has 1 unspecified atom stereocenters. The molecule has 0 spiro atoms. The lowest BCUT2D eigenvalue weighted by atomic mass is 10.2. The van der Waals surface area contributed by atoms with Gasteiger partial charge in [-0.05, 0) is 25.8 Å². The zero-order valence-electron chi connectivity index (χ0n) is 9.03. The lowest BCUT2D eigenvalue weighted by Gasteiger charge is -2.04. The zero-order valence-corrected chi connectivity index (χ0v) is 9.03. The van der Waals surface area contributed by atoms with Gasteiger partial charge in [0.2, 0.25) is 0 Å². The molecule has 1 N–H and O–H groups in total. The van der Waals surface area contributed by atoms with E-state index in [1.165, 1.54) is 18.9 Å². The Morgan fingerprint density at radius 3 is 2.71 bits per heavy atom. The van der Waals surface area contributed by atoms with Gasteiger partial charge in [0.25, 0.3) is 0 Å². The Bertz CT molecular complexity index is 175. The lowest BCUT2D eigenvalue weighted by molar-refractivity contribution is -0.150. The van der Waals surface area contributed by atoms with Crippen LogP contribution in [0.15, 0.2) is 12.2 Å². The molecule has 0 fully saturated rings. The molecule has 3 heteroatoms. The third-order valence-corrected chi connectivity index (χ3v) is 1.82. The van der Waals surface area contributed by atoms with Crippen LogP contribution in [-0.2, 0) is 9.53 Å². The summed E-state index contributed by atoms with van der Waals surface area (Å²) in [5.41, 5.74) is 0. The SMILES string of the molecule is CCCCC/C=C/C(O)C(=O)OCC. The molecule has 0 saturated heterocycles. The Morgan fingerprint density at radius 1 is 1.43 bits per heavy atom. The van der Waals surface area contributed by atoms with Crippen LogP contribution >= 0.6 is 0 Å². The first-order valence-corrected chi connectivity index (χ1v) is 5.23. The van der Waals surface area contributed by atoms with Crippen molar-refractivity contribution >= 4 is 5.97 Å². The quantitative estimate of drug-likeness (QED) is 0.388. The molecule has 3 nitrogen and oxygen atoms in total. The van der Waals surface area contributed by atoms with E-state index in [0.717, 1.165) is 12.8 Å². The van der Waals surface area contributed by atoms with Crippen molar-refractivity contribution in [3.8, 4) is 0 Å². The number of unbranched alkanes of at least 4 members (excludes halogenated alkanes) is 3. The van der Waals surface area contributed by atoms with Crippen LogP contribution in [0.1, 0.15) is 39.5 Å². The van der Waals surface area contributed by atoms with E-state index < -0.39 is 12.1 Å². The van der Waals surface area contributed by atoms with Gasteiger partial charge in [0.05, 0.1) is 6.61 Å². The molecule has 0 rings (SSSR count). The minimum Gasteiger partial charge on any atom is -0.464 e. The molecule has 0 aromatic rings. The summed E-state index contributed by atoms with van der Waals surface area (Å²) in [6, 6.07) is 0. The van der Waals surface area contributed by atoms with Gasteiger partial charge in [0.1, 0.15) is 0 Å². The molecule has 0 saturated carbocycles. The first-order chi connectivity index (χ1) is 6.72. The van der Waals surface area contributed by atoms with Gasteiger partial charge >= 0.3 is 5.97 Å². The van der Waals surface area contributed by atoms with Gasteiger partial charge in [-0.15, -0.1) is 0 Å². The van der Waals surface area contributed by atoms with Gasteiger partial charge < -0.3 is 9.84 Å². The summed E-state index contributed by atoms with van der Waals surface area (Å²) in [5.74, 6) is -0.570. The van der Waals surface area contributed by atoms with Gasteiger partial charge in [-0.2, -0.15) is 0 Å². The second kappa shape index (κ2) is 8.75. The first kappa shape index (κ1) is 13.2. The summed E-state index contributed by atoms with van der Waals surface area (Å²) >= 11 is 0. The Hall–Kier alpha value is -0.830. The molecular formula is C11H20O3. The molecule has 0 radical (unpaired) electrons. The minimum absolute atomic E-state index is 0.305. The molecule has 0 aliphatic heterocycles. The summed E-state index contributed by atoms with van der Waals surface area (Å²) < 4.78 is 4.64. The maximum Gasteiger partial charge on any atom is 0.338 e. The van der Waals surface area contributed by atoms with Crippen molar-refractivity contribution < 1.29 is 14.6 Å². The number of aliphatic hydroxyl groups excluding tert-OH is 1. The van der Waals surface area contributed by atoms with Crippen LogP contribution in [0.3, 0.4) is 0 Å². The Balaban J connectivity index is 3.59. The van der Waals surface area contributed by atoms with E-state index in [1.807, 2.05) is 6.08 Å². The van der Waals surface area contributed by atoms with Crippen LogP contribution in [-0.4, -0.2) is 23.8 Å². The largest absolute Gasteiger partial charge is 0.464 e. The van der Waals surface area contributed by atoms with Crippen molar-refractivity contribution in [2.45, 2.75) is 45.6 Å². The van der Waals surface area contributed by atoms with E-state index in [9.17, 15) is 9.90 Å². The van der Waals surface area contributed by atoms with Crippen molar-refractivity contribution in [2.24, 2.45) is 0 Å². The van der Waals surface area contributed by atoms with E-state index in [1.54, 1.807) is 6.92 Å². The topological polar surface area (TPSA) is 46.5 Å². The first-order valence-electron chi connectivity index (χ1n) is 5.23. The van der Waals surface area contributed by atoms with Crippen LogP contribution in [0.25, 0.3) is 0 Å². The number of hydrogen-bond donors (Lipinski definition) is 1. The highest BCUT2D eigenvalue weighted by Crippen LogP contribution is 2.01. The summed E-state index contributed by atoms with van der Waals surface area (Å²) in [7, 11) is 0. The number of allylic oxidation sites excluding steroid dienone is 1. The molecule has 0 heterocycles. The molecule has 0 aliphatic rings. The predicted molar refractivity (Wildman–Crippen MR) is 55.9 cm³/mol. The number of rotatable bonds is 7. The maximum atomic E-state index is 10.9. The number of aliphatic hydroxyl groups is 1. The average Bonchev–Trinajstić information content (AvgIpc) is 2.17. The Kier molecular flexibility index (Phi) is 8.24. The predicted octanol–water partition coefficient (Wildman–Crippen LogP) is 2.05. The van der Waals surface area contributed by atoms with Crippen LogP contribution < -0.4 is 0 Å². The summed E-state index contributed by atoms with van der Waals surface area (Å²) in [4.78, 5) is 10.9. The molecule has 82 valence electrons. The fraction of sp³-hybridized carbons (Fsp3) is 0.727. The molecular weight excluding hydrogens is 180 g/mol. The number of carbonyl (C=O) groups excluding carboxylic acids is 1. The van der Waals surface area contributed by atoms with Crippen molar-refractivity contribution in [1.82, 2.24) is 0 Å². The smallest absolute Gasteiger partial charge is 0.338 e. The average molecular weight is 200 g/mol. The highest BCUT2D eigenvalue weighted by atomic mass is 16.5. The number of hydrogen-bond acceptors (Lipinski definition) is 3. The van der Waals surface area contributed by atoms with Gasteiger partial charge in [0, 0.05) is 0 Å². The lowest BCUT2D eigenvalue weighted by Crippen LogP contribution is -2.20. The van der Waals surface area contributed by atoms with E-state index in [0.29, 0.717) is 6.61 Å². The minimum atomic E-state index is -1.10. The Morgan fingerprint density at radius 2 is 2.14 bits per heavy atom. The van der Waals surface area contributed by atoms with E-state index in [2.05, 4.69) is 11.7 Å². The van der Waals surface area contributed by atoms with Crippen molar-refractivity contribution in [1.29, 1.82) is 0 Å². The van der Waals surface area contributed by atoms with Gasteiger partial charge in [-0.25, -0.2) is 4.79 Å². The van der Waals surface area contributed by atoms with Gasteiger partial charge in [0.15, 0.2) is 6.10 Å². The second-order valence-corrected chi connectivity index (χ2v) is 3.12. The number of carbonyl (C=O) groups is 1. The maximum absolute atomic E-state index is 10.9. The summed E-state index contributed by atoms with van der Waals surface area (Å²) in [6.07, 6.45) is 6.59. The van der Waals surface area contributed by atoms with E-state index >= 15 is 0 Å². The van der Waals surface area contributed by atoms with Crippen molar-refractivity contribution in [2.75, 3.05) is 6.61 Å². The van der Waals surface area contributed by atoms with Crippen molar-refractivity contribution in [3.05, 3.63) is 12.2 Å². The fourth-order valence-electron chi connectivity index (χ4n) is 1.04. The van der Waals surface area contributed by atoms with Crippen LogP contribution in [0.5, 0.6) is 0 Å². The molecule has 0 aromatic carbocycles. The van der Waals surface area contributed by atoms with E-state index in [4.69, 9.17) is 0 Å². The molecule has 0 aromatic heterocycles. The molecule has 0 amide bonds. The van der Waals surface area contributed by atoms with E-state index in [-0.39, 0.29) is 0 Å². The second-order valence-electron chi connectivity index (χ2n) is 3.12. The third-order valence-electron chi connectivity index (χ3n) is 1.82. The standard InChI is InChI=1S/C11H20O3/c1-3-5-6-7-8-9-10(12)11(13)14-4-2/h8-10,12H,3-7H2,1-2H3/b9-8+. The Labute approximate surface area is 85.8 Å². The number of ether oxygens (including phenoxy) is 1. The summed E-state index contributed by atoms with van der Waals surface area (Å²) in [6.45, 7) is 4.16. The number of esters is 1. The fourth-order valence-corrected chi connectivity index (χ4v) is 1.04. The highest BCUT2D eigenvalue weighted by Gasteiger charge is 2.10. The van der Waals surface area contributed by atoms with Gasteiger partial charge in [-0.3, -0.25) is 0 Å². The molecule has 0 aliphatic carbocycles.